The van der Waals surface area contributed by atoms with Crippen molar-refractivity contribution in [3.8, 4) is 23.1 Å². The van der Waals surface area contributed by atoms with E-state index in [4.69, 9.17) is 4.74 Å². The lowest BCUT2D eigenvalue weighted by Gasteiger charge is -2.03. The average Bonchev–Trinajstić information content (AvgIpc) is 3.18. The molecule has 0 unspecified atom stereocenters. The number of hydrogen-bond donors (Lipinski definition) is 0. The monoisotopic (exact) mass is 391 g/mol. The second kappa shape index (κ2) is 8.03. The highest BCUT2D eigenvalue weighted by atomic mass is 32.1. The van der Waals surface area contributed by atoms with Crippen LogP contribution in [0.1, 0.15) is 21.7 Å². The summed E-state index contributed by atoms with van der Waals surface area (Å²) in [6, 6.07) is 12.8. The maximum absolute atomic E-state index is 11.2. The predicted octanol–water partition coefficient (Wildman–Crippen LogP) is 5.41. The molecular formula is C21H17N3O3S. The number of nitriles is 1. The smallest absolute Gasteiger partial charge is 0.311 e. The molecule has 2 aromatic carbocycles. The summed E-state index contributed by atoms with van der Waals surface area (Å²) in [7, 11) is 1.38. The van der Waals surface area contributed by atoms with Gasteiger partial charge in [-0.05, 0) is 48.7 Å². The van der Waals surface area contributed by atoms with Crippen molar-refractivity contribution >= 4 is 28.7 Å². The summed E-state index contributed by atoms with van der Waals surface area (Å²) >= 11 is 1.36. The maximum atomic E-state index is 11.2. The van der Waals surface area contributed by atoms with Crippen LogP contribution in [0.4, 0.5) is 5.69 Å². The fourth-order valence-corrected chi connectivity index (χ4v) is 3.47. The first-order chi connectivity index (χ1) is 13.4. The normalized spacial score (nSPS) is 11.1. The van der Waals surface area contributed by atoms with Gasteiger partial charge in [0.1, 0.15) is 11.1 Å². The van der Waals surface area contributed by atoms with Crippen molar-refractivity contribution in [2.75, 3.05) is 7.11 Å². The standard InChI is InChI=1S/C21H17N3O3S/c1-13-4-6-16(8-14(13)2)18-12-28-21(23-18)17(11-22)9-15-5-7-20(27-3)19(10-15)24(25)26/h4-10,12H,1-3H3/b17-9-. The highest BCUT2D eigenvalue weighted by Crippen LogP contribution is 2.31. The Morgan fingerprint density at radius 1 is 1.25 bits per heavy atom. The molecule has 1 aromatic heterocycles. The number of benzene rings is 2. The number of rotatable bonds is 5. The number of ether oxygens (including phenoxy) is 1. The van der Waals surface area contributed by atoms with Crippen molar-refractivity contribution in [3.63, 3.8) is 0 Å². The van der Waals surface area contributed by atoms with Crippen LogP contribution in [0.15, 0.2) is 41.8 Å². The van der Waals surface area contributed by atoms with E-state index in [1.54, 1.807) is 12.1 Å². The zero-order valence-electron chi connectivity index (χ0n) is 15.6. The summed E-state index contributed by atoms with van der Waals surface area (Å²) < 4.78 is 5.01. The highest BCUT2D eigenvalue weighted by Gasteiger charge is 2.16. The summed E-state index contributed by atoms with van der Waals surface area (Å²) in [5.41, 5.74) is 4.90. The third-order valence-electron chi connectivity index (χ3n) is 4.37. The first kappa shape index (κ1) is 19.3. The summed E-state index contributed by atoms with van der Waals surface area (Å²) in [5, 5.41) is 23.2. The Bertz CT molecular complexity index is 1130. The summed E-state index contributed by atoms with van der Waals surface area (Å²) in [6.45, 7) is 4.10. The molecule has 1 heterocycles. The van der Waals surface area contributed by atoms with E-state index in [0.29, 0.717) is 16.1 Å². The Hall–Kier alpha value is -3.50. The molecule has 6 nitrogen and oxygen atoms in total. The van der Waals surface area contributed by atoms with Crippen LogP contribution in [-0.2, 0) is 0 Å². The Morgan fingerprint density at radius 2 is 2.04 bits per heavy atom. The van der Waals surface area contributed by atoms with E-state index in [9.17, 15) is 15.4 Å². The van der Waals surface area contributed by atoms with Gasteiger partial charge in [0.2, 0.25) is 0 Å². The number of thiazole rings is 1. The van der Waals surface area contributed by atoms with Gasteiger partial charge >= 0.3 is 5.69 Å². The van der Waals surface area contributed by atoms with Gasteiger partial charge in [0.15, 0.2) is 5.75 Å². The van der Waals surface area contributed by atoms with Gasteiger partial charge in [0.05, 0.1) is 23.3 Å². The van der Waals surface area contributed by atoms with Crippen LogP contribution in [0.5, 0.6) is 5.75 Å². The number of aromatic nitrogens is 1. The second-order valence-corrected chi connectivity index (χ2v) is 7.05. The lowest BCUT2D eigenvalue weighted by molar-refractivity contribution is -0.385. The zero-order valence-corrected chi connectivity index (χ0v) is 16.4. The minimum atomic E-state index is -0.510. The zero-order chi connectivity index (χ0) is 20.3. The molecule has 3 rings (SSSR count). The third kappa shape index (κ3) is 3.92. The number of hydrogen-bond acceptors (Lipinski definition) is 6. The number of nitro groups is 1. The van der Waals surface area contributed by atoms with E-state index < -0.39 is 4.92 Å². The molecule has 0 amide bonds. The number of aryl methyl sites for hydroxylation is 2. The fourth-order valence-electron chi connectivity index (χ4n) is 2.68. The van der Waals surface area contributed by atoms with Crippen molar-refractivity contribution in [2.45, 2.75) is 13.8 Å². The first-order valence-corrected chi connectivity index (χ1v) is 9.28. The lowest BCUT2D eigenvalue weighted by Crippen LogP contribution is -1.94. The van der Waals surface area contributed by atoms with Gasteiger partial charge in [0, 0.05) is 17.0 Å². The van der Waals surface area contributed by atoms with E-state index in [0.717, 1.165) is 11.3 Å². The first-order valence-electron chi connectivity index (χ1n) is 8.40. The molecule has 0 aliphatic heterocycles. The molecule has 0 N–H and O–H groups in total. The number of nitro benzene ring substituents is 1. The van der Waals surface area contributed by atoms with E-state index in [1.807, 2.05) is 24.4 Å². The van der Waals surface area contributed by atoms with Gasteiger partial charge in [-0.2, -0.15) is 5.26 Å². The van der Waals surface area contributed by atoms with Gasteiger partial charge < -0.3 is 4.74 Å². The van der Waals surface area contributed by atoms with E-state index >= 15 is 0 Å². The third-order valence-corrected chi connectivity index (χ3v) is 5.24. The largest absolute Gasteiger partial charge is 0.490 e. The van der Waals surface area contributed by atoms with Crippen molar-refractivity contribution in [1.82, 2.24) is 4.98 Å². The fraction of sp³-hybridized carbons (Fsp3) is 0.143. The van der Waals surface area contributed by atoms with Crippen molar-refractivity contribution < 1.29 is 9.66 Å². The van der Waals surface area contributed by atoms with Crippen LogP contribution < -0.4 is 4.74 Å². The minimum absolute atomic E-state index is 0.150. The predicted molar refractivity (Wildman–Crippen MR) is 110 cm³/mol. The van der Waals surface area contributed by atoms with Crippen LogP contribution >= 0.6 is 11.3 Å². The van der Waals surface area contributed by atoms with E-state index in [1.165, 1.54) is 41.7 Å². The number of nitrogens with zero attached hydrogens (tertiary/aromatic N) is 3. The van der Waals surface area contributed by atoms with Gasteiger partial charge in [-0.3, -0.25) is 10.1 Å². The Morgan fingerprint density at radius 3 is 2.68 bits per heavy atom. The van der Waals surface area contributed by atoms with E-state index in [-0.39, 0.29) is 11.4 Å². The molecule has 0 aliphatic rings. The molecule has 28 heavy (non-hydrogen) atoms. The number of allylic oxidation sites excluding steroid dienone is 1. The maximum Gasteiger partial charge on any atom is 0.311 e. The van der Waals surface area contributed by atoms with Gasteiger partial charge in [0.25, 0.3) is 0 Å². The second-order valence-electron chi connectivity index (χ2n) is 6.20. The molecule has 0 aliphatic carbocycles. The molecule has 7 heteroatoms. The molecule has 140 valence electrons. The molecule has 0 radical (unpaired) electrons. The Kier molecular flexibility index (Phi) is 5.52. The molecule has 0 fully saturated rings. The minimum Gasteiger partial charge on any atom is -0.490 e. The molecule has 0 spiro atoms. The van der Waals surface area contributed by atoms with Crippen LogP contribution in [0.2, 0.25) is 0 Å². The summed E-state index contributed by atoms with van der Waals surface area (Å²) in [4.78, 5) is 15.3. The summed E-state index contributed by atoms with van der Waals surface area (Å²) in [6.07, 6.45) is 1.59. The van der Waals surface area contributed by atoms with Crippen LogP contribution in [-0.4, -0.2) is 17.0 Å². The number of methoxy groups -OCH3 is 1. The summed E-state index contributed by atoms with van der Waals surface area (Å²) in [5.74, 6) is 0.173. The topological polar surface area (TPSA) is 89.0 Å². The molecule has 0 saturated heterocycles. The van der Waals surface area contributed by atoms with Crippen LogP contribution in [0.25, 0.3) is 22.9 Å². The van der Waals surface area contributed by atoms with Gasteiger partial charge in [-0.25, -0.2) is 4.98 Å². The Balaban J connectivity index is 1.97. The molecule has 0 saturated carbocycles. The lowest BCUT2D eigenvalue weighted by atomic mass is 10.1. The molecule has 0 atom stereocenters. The van der Waals surface area contributed by atoms with Gasteiger partial charge in [-0.1, -0.05) is 18.2 Å². The average molecular weight is 391 g/mol. The molecular weight excluding hydrogens is 374 g/mol. The molecule has 3 aromatic rings. The van der Waals surface area contributed by atoms with E-state index in [2.05, 4.69) is 24.0 Å². The van der Waals surface area contributed by atoms with Crippen molar-refractivity contribution in [2.24, 2.45) is 0 Å². The van der Waals surface area contributed by atoms with Crippen molar-refractivity contribution in [1.29, 1.82) is 5.26 Å². The highest BCUT2D eigenvalue weighted by molar-refractivity contribution is 7.11. The quantitative estimate of drug-likeness (QED) is 0.330. The SMILES string of the molecule is COc1ccc(/C=C(/C#N)c2nc(-c3ccc(C)c(C)c3)cs2)cc1[N+](=O)[O-]. The van der Waals surface area contributed by atoms with Crippen molar-refractivity contribution in [3.05, 3.63) is 73.6 Å². The van der Waals surface area contributed by atoms with Crippen LogP contribution in [0, 0.1) is 35.3 Å². The van der Waals surface area contributed by atoms with Gasteiger partial charge in [-0.15, -0.1) is 11.3 Å². The molecule has 0 bridgehead atoms. The van der Waals surface area contributed by atoms with Crippen LogP contribution in [0.3, 0.4) is 0 Å². The Labute approximate surface area is 166 Å².